The van der Waals surface area contributed by atoms with Crippen LogP contribution in [-0.4, -0.2) is 59.3 Å². The van der Waals surface area contributed by atoms with Crippen molar-refractivity contribution in [3.05, 3.63) is 59.6 Å². The molecule has 3 heterocycles. The number of ether oxygens (including phenoxy) is 1. The standard InChI is InChI=1S/C25H31F2N5O3/c26-21-8-6-18(14-22(21)27)10-12-32-11-3-4-20(17-32)30-23-16-28-19(15-29-23)7-9-24(33)31-35-25-5-1-2-13-34-25/h6-9,14-16,20,25H,1-5,10-13,17H2,(H,29,30)(H,31,33)/t20-,25?/m1/s1. The van der Waals surface area contributed by atoms with Gasteiger partial charge in [0.05, 0.1) is 18.1 Å². The molecule has 0 saturated carbocycles. The normalized spacial score (nSPS) is 21.2. The van der Waals surface area contributed by atoms with Crippen LogP contribution in [0.15, 0.2) is 36.7 Å². The van der Waals surface area contributed by atoms with E-state index in [0.717, 1.165) is 57.3 Å². The average molecular weight is 488 g/mol. The van der Waals surface area contributed by atoms with E-state index in [2.05, 4.69) is 25.7 Å². The molecule has 1 amide bonds. The molecule has 10 heteroatoms. The topological polar surface area (TPSA) is 88.6 Å². The van der Waals surface area contributed by atoms with Crippen molar-refractivity contribution in [2.45, 2.75) is 50.9 Å². The number of aromatic nitrogens is 2. The Kier molecular flexibility index (Phi) is 9.10. The van der Waals surface area contributed by atoms with Gasteiger partial charge in [-0.15, -0.1) is 0 Å². The van der Waals surface area contributed by atoms with Crippen molar-refractivity contribution in [3.8, 4) is 0 Å². The number of benzene rings is 1. The molecule has 4 rings (SSSR count). The number of hydrogen-bond donors (Lipinski definition) is 2. The van der Waals surface area contributed by atoms with E-state index in [0.29, 0.717) is 24.5 Å². The second-order valence-corrected chi connectivity index (χ2v) is 8.82. The lowest BCUT2D eigenvalue weighted by atomic mass is 10.0. The van der Waals surface area contributed by atoms with Gasteiger partial charge in [0, 0.05) is 38.2 Å². The van der Waals surface area contributed by atoms with E-state index >= 15 is 0 Å². The predicted octanol–water partition coefficient (Wildman–Crippen LogP) is 3.46. The number of nitrogens with one attached hydrogen (secondary N) is 2. The number of anilines is 1. The third-order valence-corrected chi connectivity index (χ3v) is 6.06. The highest BCUT2D eigenvalue weighted by Gasteiger charge is 2.20. The number of halogens is 2. The van der Waals surface area contributed by atoms with Crippen LogP contribution < -0.4 is 10.8 Å². The zero-order valence-electron chi connectivity index (χ0n) is 19.6. The fourth-order valence-electron chi connectivity index (χ4n) is 4.19. The molecule has 2 N–H and O–H groups in total. The van der Waals surface area contributed by atoms with Gasteiger partial charge in [0.2, 0.25) is 0 Å². The molecule has 188 valence electrons. The van der Waals surface area contributed by atoms with Gasteiger partial charge < -0.3 is 15.0 Å². The van der Waals surface area contributed by atoms with Gasteiger partial charge in [-0.05, 0) is 62.4 Å². The molecular weight excluding hydrogens is 456 g/mol. The highest BCUT2D eigenvalue weighted by Crippen LogP contribution is 2.16. The molecule has 1 unspecified atom stereocenters. The Bertz CT molecular complexity index is 999. The van der Waals surface area contributed by atoms with Crippen molar-refractivity contribution in [1.29, 1.82) is 0 Å². The minimum Gasteiger partial charge on any atom is -0.365 e. The number of nitrogens with zero attached hydrogens (tertiary/aromatic N) is 3. The molecule has 8 nitrogen and oxygen atoms in total. The molecule has 35 heavy (non-hydrogen) atoms. The SMILES string of the molecule is O=C(C=Cc1cnc(N[C@@H]2CCCN(CCc3ccc(F)c(F)c3)C2)cn1)NOC1CCCCO1. The van der Waals surface area contributed by atoms with E-state index in [1.165, 1.54) is 18.2 Å². The summed E-state index contributed by atoms with van der Waals surface area (Å²) in [7, 11) is 0. The van der Waals surface area contributed by atoms with E-state index < -0.39 is 23.8 Å². The highest BCUT2D eigenvalue weighted by atomic mass is 19.2. The quantitative estimate of drug-likeness (QED) is 0.414. The average Bonchev–Trinajstić information content (AvgIpc) is 2.88. The summed E-state index contributed by atoms with van der Waals surface area (Å²) >= 11 is 0. The Hall–Kier alpha value is -2.95. The summed E-state index contributed by atoms with van der Waals surface area (Å²) in [5.41, 5.74) is 3.71. The van der Waals surface area contributed by atoms with Gasteiger partial charge in [-0.25, -0.2) is 24.1 Å². The molecule has 0 spiro atoms. The van der Waals surface area contributed by atoms with Gasteiger partial charge >= 0.3 is 0 Å². The van der Waals surface area contributed by atoms with Crippen LogP contribution in [-0.2, 0) is 20.8 Å². The largest absolute Gasteiger partial charge is 0.365 e. The number of carbonyl (C=O) groups excluding carboxylic acids is 1. The third kappa shape index (κ3) is 8.05. The molecule has 0 aliphatic carbocycles. The zero-order chi connectivity index (χ0) is 24.5. The molecule has 2 aromatic rings. The first kappa shape index (κ1) is 25.2. The van der Waals surface area contributed by atoms with E-state index in [1.807, 2.05) is 0 Å². The smallest absolute Gasteiger partial charge is 0.267 e. The number of hydrogen-bond acceptors (Lipinski definition) is 7. The molecular formula is C25H31F2N5O3. The highest BCUT2D eigenvalue weighted by molar-refractivity contribution is 5.90. The van der Waals surface area contributed by atoms with Gasteiger partial charge in [0.15, 0.2) is 17.9 Å². The lowest BCUT2D eigenvalue weighted by Gasteiger charge is -2.33. The van der Waals surface area contributed by atoms with E-state index in [9.17, 15) is 13.6 Å². The molecule has 2 aliphatic heterocycles. The van der Waals surface area contributed by atoms with Crippen LogP contribution >= 0.6 is 0 Å². The number of piperidine rings is 1. The van der Waals surface area contributed by atoms with Gasteiger partial charge in [-0.3, -0.25) is 9.78 Å². The molecule has 2 atom stereocenters. The van der Waals surface area contributed by atoms with Crippen molar-refractivity contribution < 1.29 is 23.1 Å². The molecule has 2 fully saturated rings. The molecule has 0 radical (unpaired) electrons. The van der Waals surface area contributed by atoms with Crippen LogP contribution in [0.3, 0.4) is 0 Å². The lowest BCUT2D eigenvalue weighted by Crippen LogP contribution is -2.43. The monoisotopic (exact) mass is 487 g/mol. The number of rotatable bonds is 9. The number of likely N-dealkylation sites (tertiary alicyclic amines) is 1. The molecule has 1 aromatic heterocycles. The second kappa shape index (κ2) is 12.7. The summed E-state index contributed by atoms with van der Waals surface area (Å²) in [6.45, 7) is 3.22. The first-order valence-corrected chi connectivity index (χ1v) is 12.1. The summed E-state index contributed by atoms with van der Waals surface area (Å²) in [5, 5.41) is 3.41. The first-order chi connectivity index (χ1) is 17.0. The maximum absolute atomic E-state index is 13.4. The third-order valence-electron chi connectivity index (χ3n) is 6.06. The Labute approximate surface area is 203 Å². The van der Waals surface area contributed by atoms with Crippen molar-refractivity contribution in [2.24, 2.45) is 0 Å². The van der Waals surface area contributed by atoms with Gasteiger partial charge in [0.1, 0.15) is 5.82 Å². The summed E-state index contributed by atoms with van der Waals surface area (Å²) in [5.74, 6) is -1.35. The van der Waals surface area contributed by atoms with E-state index in [-0.39, 0.29) is 6.04 Å². The van der Waals surface area contributed by atoms with Crippen LogP contribution in [0.1, 0.15) is 43.4 Å². The van der Waals surface area contributed by atoms with Crippen LogP contribution in [0.4, 0.5) is 14.6 Å². The number of amides is 1. The Balaban J connectivity index is 1.20. The number of hydroxylamine groups is 1. The second-order valence-electron chi connectivity index (χ2n) is 8.82. The van der Waals surface area contributed by atoms with Gasteiger partial charge in [-0.2, -0.15) is 0 Å². The van der Waals surface area contributed by atoms with Gasteiger partial charge in [-0.1, -0.05) is 6.07 Å². The first-order valence-electron chi connectivity index (χ1n) is 12.1. The summed E-state index contributed by atoms with van der Waals surface area (Å²) in [6.07, 6.45) is 11.2. The fraction of sp³-hybridized carbons (Fsp3) is 0.480. The molecule has 0 bridgehead atoms. The molecule has 1 aromatic carbocycles. The maximum atomic E-state index is 13.4. The maximum Gasteiger partial charge on any atom is 0.267 e. The minimum absolute atomic E-state index is 0.217. The fourth-order valence-corrected chi connectivity index (χ4v) is 4.19. The van der Waals surface area contributed by atoms with Crippen molar-refractivity contribution in [2.75, 3.05) is 31.6 Å². The van der Waals surface area contributed by atoms with E-state index in [4.69, 9.17) is 9.57 Å². The van der Waals surface area contributed by atoms with Crippen LogP contribution in [0.2, 0.25) is 0 Å². The Morgan fingerprint density at radius 3 is 2.86 bits per heavy atom. The Morgan fingerprint density at radius 1 is 1.17 bits per heavy atom. The van der Waals surface area contributed by atoms with Gasteiger partial charge in [0.25, 0.3) is 5.91 Å². The summed E-state index contributed by atoms with van der Waals surface area (Å²) < 4.78 is 31.9. The molecule has 2 aliphatic rings. The van der Waals surface area contributed by atoms with Crippen molar-refractivity contribution in [3.63, 3.8) is 0 Å². The molecule has 2 saturated heterocycles. The minimum atomic E-state index is -0.819. The zero-order valence-corrected chi connectivity index (χ0v) is 19.6. The van der Waals surface area contributed by atoms with Crippen molar-refractivity contribution in [1.82, 2.24) is 20.3 Å². The van der Waals surface area contributed by atoms with Crippen LogP contribution in [0, 0.1) is 11.6 Å². The van der Waals surface area contributed by atoms with Crippen LogP contribution in [0.5, 0.6) is 0 Å². The predicted molar refractivity (Wildman–Crippen MR) is 127 cm³/mol. The summed E-state index contributed by atoms with van der Waals surface area (Å²) in [4.78, 5) is 28.2. The van der Waals surface area contributed by atoms with E-state index in [1.54, 1.807) is 24.5 Å². The summed E-state index contributed by atoms with van der Waals surface area (Å²) in [6, 6.07) is 4.29. The van der Waals surface area contributed by atoms with Crippen molar-refractivity contribution >= 4 is 17.8 Å². The number of carbonyl (C=O) groups is 1. The van der Waals surface area contributed by atoms with Crippen LogP contribution in [0.25, 0.3) is 6.08 Å². The Morgan fingerprint density at radius 2 is 2.09 bits per heavy atom. The lowest BCUT2D eigenvalue weighted by molar-refractivity contribution is -0.198.